The van der Waals surface area contributed by atoms with Crippen molar-refractivity contribution in [1.29, 1.82) is 0 Å². The van der Waals surface area contributed by atoms with Gasteiger partial charge in [0.05, 0.1) is 25.4 Å². The number of aliphatic hydroxyl groups excluding tert-OH is 2. The summed E-state index contributed by atoms with van der Waals surface area (Å²) in [7, 11) is 0. The summed E-state index contributed by atoms with van der Waals surface area (Å²) in [5, 5.41) is 23.2. The first-order valence-corrected chi connectivity index (χ1v) is 28.9. The zero-order chi connectivity index (χ0) is 47.9. The van der Waals surface area contributed by atoms with Crippen LogP contribution in [0.1, 0.15) is 296 Å². The van der Waals surface area contributed by atoms with Gasteiger partial charge in [0.2, 0.25) is 5.91 Å². The molecule has 0 saturated heterocycles. The minimum absolute atomic E-state index is 0.0476. The molecule has 6 nitrogen and oxygen atoms in total. The largest absolute Gasteiger partial charge is 0.466 e. The normalized spacial score (nSPS) is 13.0. The van der Waals surface area contributed by atoms with E-state index in [1.807, 2.05) is 6.08 Å². The van der Waals surface area contributed by atoms with Crippen molar-refractivity contribution in [1.82, 2.24) is 5.32 Å². The monoisotopic (exact) mass is 926 g/mol. The number of carbonyl (C=O) groups is 2. The van der Waals surface area contributed by atoms with Gasteiger partial charge in [0.25, 0.3) is 0 Å². The van der Waals surface area contributed by atoms with Crippen LogP contribution in [-0.2, 0) is 14.3 Å². The first-order valence-electron chi connectivity index (χ1n) is 28.9. The zero-order valence-electron chi connectivity index (χ0n) is 43.9. The van der Waals surface area contributed by atoms with Crippen LogP contribution in [0.3, 0.4) is 0 Å². The number of unbranched alkanes of at least 4 members (excludes halogenated alkanes) is 36. The molecule has 0 aromatic carbocycles. The highest BCUT2D eigenvalue weighted by Crippen LogP contribution is 2.16. The van der Waals surface area contributed by atoms with Crippen LogP contribution in [0.15, 0.2) is 48.6 Å². The standard InChI is InChI=1S/C60H111NO5/c1-3-5-7-9-11-13-15-17-19-20-21-22-23-24-25-26-27-28-29-32-36-40-44-48-52-58(63)57(56-62)61-59(64)53-49-45-41-37-33-31-35-39-43-47-51-55-66-60(65)54-50-46-42-38-34-30-18-16-14-12-10-8-6-4-2/h10,12,16,18,35,39,48,52,57-58,62-63H,3-9,11,13-15,17,19-34,36-38,40-47,49-51,53-56H2,1-2H3,(H,61,64)/b12-10-,18-16-,39-35-,52-48+. The lowest BCUT2D eigenvalue weighted by atomic mass is 10.0. The number of aliphatic hydroxyl groups is 2. The van der Waals surface area contributed by atoms with Crippen molar-refractivity contribution < 1.29 is 24.5 Å². The molecule has 0 radical (unpaired) electrons. The molecule has 6 heteroatoms. The smallest absolute Gasteiger partial charge is 0.305 e. The maximum Gasteiger partial charge on any atom is 0.305 e. The molecule has 0 saturated carbocycles. The third kappa shape index (κ3) is 51.2. The van der Waals surface area contributed by atoms with E-state index in [2.05, 4.69) is 55.6 Å². The minimum Gasteiger partial charge on any atom is -0.466 e. The Morgan fingerprint density at radius 2 is 0.773 bits per heavy atom. The van der Waals surface area contributed by atoms with Gasteiger partial charge in [-0.3, -0.25) is 9.59 Å². The van der Waals surface area contributed by atoms with Gasteiger partial charge in [0.15, 0.2) is 0 Å². The predicted octanol–water partition coefficient (Wildman–Crippen LogP) is 17.8. The van der Waals surface area contributed by atoms with E-state index in [0.717, 1.165) is 96.3 Å². The molecule has 0 aliphatic rings. The SMILES string of the molecule is CCCC/C=C\C/C=C\CCCCCCCC(=O)OCCCC/C=C\CCCCCCCC(=O)NC(CO)C(O)/C=C/CCCCCCCCCCCCCCCCCCCCCCCC. The number of rotatable bonds is 53. The Bertz CT molecular complexity index is 1110. The third-order valence-corrected chi connectivity index (χ3v) is 13.1. The van der Waals surface area contributed by atoms with Crippen LogP contribution in [-0.4, -0.2) is 47.4 Å². The molecule has 1 amide bonds. The van der Waals surface area contributed by atoms with E-state index in [-0.39, 0.29) is 18.5 Å². The molecule has 66 heavy (non-hydrogen) atoms. The molecule has 2 atom stereocenters. The van der Waals surface area contributed by atoms with Crippen molar-refractivity contribution in [3.8, 4) is 0 Å². The molecule has 0 aliphatic carbocycles. The molecule has 0 heterocycles. The summed E-state index contributed by atoms with van der Waals surface area (Å²) in [6.45, 7) is 4.78. The molecule has 0 aromatic heterocycles. The highest BCUT2D eigenvalue weighted by molar-refractivity contribution is 5.76. The van der Waals surface area contributed by atoms with Gasteiger partial charge in [-0.05, 0) is 83.5 Å². The van der Waals surface area contributed by atoms with E-state index in [9.17, 15) is 19.8 Å². The molecule has 0 rings (SSSR count). The molecule has 0 bridgehead atoms. The van der Waals surface area contributed by atoms with Crippen LogP contribution in [0.2, 0.25) is 0 Å². The number of hydrogen-bond acceptors (Lipinski definition) is 5. The van der Waals surface area contributed by atoms with Crippen LogP contribution in [0.25, 0.3) is 0 Å². The number of carbonyl (C=O) groups excluding carboxylic acids is 2. The first kappa shape index (κ1) is 63.8. The Balaban J connectivity index is 3.55. The van der Waals surface area contributed by atoms with Gasteiger partial charge in [-0.1, -0.05) is 249 Å². The van der Waals surface area contributed by atoms with Gasteiger partial charge in [-0.2, -0.15) is 0 Å². The maximum atomic E-state index is 12.5. The van der Waals surface area contributed by atoms with Crippen LogP contribution >= 0.6 is 0 Å². The molecule has 0 fully saturated rings. The lowest BCUT2D eigenvalue weighted by Crippen LogP contribution is -2.45. The van der Waals surface area contributed by atoms with Gasteiger partial charge in [0, 0.05) is 12.8 Å². The average molecular weight is 927 g/mol. The number of hydrogen-bond donors (Lipinski definition) is 3. The number of ether oxygens (including phenoxy) is 1. The molecule has 0 spiro atoms. The highest BCUT2D eigenvalue weighted by Gasteiger charge is 2.18. The predicted molar refractivity (Wildman–Crippen MR) is 287 cm³/mol. The number of allylic oxidation sites excluding steroid dienone is 7. The van der Waals surface area contributed by atoms with Crippen LogP contribution < -0.4 is 5.32 Å². The average Bonchev–Trinajstić information content (AvgIpc) is 3.32. The van der Waals surface area contributed by atoms with E-state index in [0.29, 0.717) is 19.4 Å². The molecule has 0 aromatic rings. The second-order valence-electron chi connectivity index (χ2n) is 19.6. The molecule has 3 N–H and O–H groups in total. The van der Waals surface area contributed by atoms with Crippen LogP contribution in [0, 0.1) is 0 Å². The van der Waals surface area contributed by atoms with Crippen LogP contribution in [0.4, 0.5) is 0 Å². The summed E-state index contributed by atoms with van der Waals surface area (Å²) in [5.74, 6) is -0.144. The quantitative estimate of drug-likeness (QED) is 0.0321. The molecular weight excluding hydrogens is 815 g/mol. The van der Waals surface area contributed by atoms with Crippen molar-refractivity contribution >= 4 is 11.9 Å². The summed E-state index contributed by atoms with van der Waals surface area (Å²) in [5.41, 5.74) is 0. The zero-order valence-corrected chi connectivity index (χ0v) is 43.9. The van der Waals surface area contributed by atoms with E-state index in [4.69, 9.17) is 4.74 Å². The molecule has 0 aliphatic heterocycles. The second-order valence-corrected chi connectivity index (χ2v) is 19.6. The second kappa shape index (κ2) is 55.4. The Morgan fingerprint density at radius 3 is 1.21 bits per heavy atom. The van der Waals surface area contributed by atoms with Gasteiger partial charge in [-0.15, -0.1) is 0 Å². The van der Waals surface area contributed by atoms with Crippen molar-refractivity contribution in [2.75, 3.05) is 13.2 Å². The highest BCUT2D eigenvalue weighted by atomic mass is 16.5. The third-order valence-electron chi connectivity index (χ3n) is 13.1. The van der Waals surface area contributed by atoms with Crippen LogP contribution in [0.5, 0.6) is 0 Å². The fourth-order valence-corrected chi connectivity index (χ4v) is 8.59. The Hall–Kier alpha value is -2.18. The molecule has 2 unspecified atom stereocenters. The number of nitrogens with one attached hydrogen (secondary N) is 1. The molecular formula is C60H111NO5. The summed E-state index contributed by atoms with van der Waals surface area (Å²) in [6, 6.07) is -0.652. The minimum atomic E-state index is -0.866. The van der Waals surface area contributed by atoms with Crippen molar-refractivity contribution in [3.05, 3.63) is 48.6 Å². The fourth-order valence-electron chi connectivity index (χ4n) is 8.59. The lowest BCUT2D eigenvalue weighted by molar-refractivity contribution is -0.143. The Kier molecular flexibility index (Phi) is 53.6. The number of esters is 1. The van der Waals surface area contributed by atoms with E-state index in [1.54, 1.807) is 6.08 Å². The summed E-state index contributed by atoms with van der Waals surface area (Å²) < 4.78 is 5.43. The Labute approximate surface area is 410 Å². The van der Waals surface area contributed by atoms with Gasteiger partial charge in [0.1, 0.15) is 0 Å². The van der Waals surface area contributed by atoms with Gasteiger partial charge in [-0.25, -0.2) is 0 Å². The van der Waals surface area contributed by atoms with Crippen molar-refractivity contribution in [2.45, 2.75) is 309 Å². The van der Waals surface area contributed by atoms with E-state index in [1.165, 1.54) is 173 Å². The Morgan fingerprint density at radius 1 is 0.424 bits per heavy atom. The summed E-state index contributed by atoms with van der Waals surface area (Å²) >= 11 is 0. The van der Waals surface area contributed by atoms with E-state index >= 15 is 0 Å². The summed E-state index contributed by atoms with van der Waals surface area (Å²) in [4.78, 5) is 24.5. The molecule has 386 valence electrons. The maximum absolute atomic E-state index is 12.5. The van der Waals surface area contributed by atoms with E-state index < -0.39 is 12.1 Å². The fraction of sp³-hybridized carbons (Fsp3) is 0.833. The van der Waals surface area contributed by atoms with Crippen molar-refractivity contribution in [2.24, 2.45) is 0 Å². The van der Waals surface area contributed by atoms with Crippen molar-refractivity contribution in [3.63, 3.8) is 0 Å². The topological polar surface area (TPSA) is 95.9 Å². The lowest BCUT2D eigenvalue weighted by Gasteiger charge is -2.20. The van der Waals surface area contributed by atoms with Gasteiger partial charge < -0.3 is 20.3 Å². The van der Waals surface area contributed by atoms with Gasteiger partial charge >= 0.3 is 5.97 Å². The first-order chi connectivity index (χ1) is 32.5. The summed E-state index contributed by atoms with van der Waals surface area (Å²) in [6.07, 6.45) is 69.9. The number of amides is 1.